The minimum Gasteiger partial charge on any atom is -0.507 e. The third-order valence-corrected chi connectivity index (χ3v) is 4.45. The van der Waals surface area contributed by atoms with E-state index in [4.69, 9.17) is 4.74 Å². The molecule has 0 spiro atoms. The highest BCUT2D eigenvalue weighted by atomic mass is 16.5. The molecule has 5 nitrogen and oxygen atoms in total. The van der Waals surface area contributed by atoms with Crippen LogP contribution in [-0.2, 0) is 16.0 Å². The highest BCUT2D eigenvalue weighted by Crippen LogP contribution is 2.32. The number of carbonyl (C=O) groups is 2. The lowest BCUT2D eigenvalue weighted by Gasteiger charge is -2.26. The lowest BCUT2D eigenvalue weighted by molar-refractivity contribution is -0.126. The van der Waals surface area contributed by atoms with Crippen molar-refractivity contribution in [2.24, 2.45) is 0 Å². The summed E-state index contributed by atoms with van der Waals surface area (Å²) in [5.74, 6) is -1.12. The molecule has 2 aromatic carbocycles. The molecular weight excluding hydrogens is 318 g/mol. The number of hydrogen-bond donors (Lipinski definition) is 1. The van der Waals surface area contributed by atoms with Gasteiger partial charge in [-0.25, -0.2) is 4.79 Å². The molecule has 0 radical (unpaired) electrons. The van der Waals surface area contributed by atoms with E-state index in [0.717, 1.165) is 23.2 Å². The number of carbonyl (C=O) groups excluding carboxylic acids is 2. The number of rotatable bonds is 3. The van der Waals surface area contributed by atoms with E-state index in [0.29, 0.717) is 0 Å². The van der Waals surface area contributed by atoms with Crippen molar-refractivity contribution in [3.8, 4) is 5.75 Å². The number of aromatic hydroxyl groups is 1. The summed E-state index contributed by atoms with van der Waals surface area (Å²) >= 11 is 0. The average molecular weight is 339 g/mol. The Morgan fingerprint density at radius 3 is 2.68 bits per heavy atom. The molecule has 1 aliphatic heterocycles. The van der Waals surface area contributed by atoms with E-state index >= 15 is 0 Å². The third-order valence-electron chi connectivity index (χ3n) is 4.45. The Morgan fingerprint density at radius 1 is 1.24 bits per heavy atom. The summed E-state index contributed by atoms with van der Waals surface area (Å²) in [4.78, 5) is 26.8. The summed E-state index contributed by atoms with van der Waals surface area (Å²) in [6.07, 6.45) is -0.164. The van der Waals surface area contributed by atoms with Crippen molar-refractivity contribution in [3.05, 3.63) is 59.2 Å². The number of ether oxygens (including phenoxy) is 1. The van der Waals surface area contributed by atoms with Crippen molar-refractivity contribution >= 4 is 17.6 Å². The monoisotopic (exact) mass is 339 g/mol. The maximum absolute atomic E-state index is 12.8. The number of phenolic OH excluding ortho intramolecular Hbond substituents is 1. The molecule has 0 bridgehead atoms. The summed E-state index contributed by atoms with van der Waals surface area (Å²) in [5.41, 5.74) is 2.86. The molecular formula is C20H21NO4. The second kappa shape index (κ2) is 6.59. The van der Waals surface area contributed by atoms with Gasteiger partial charge in [-0.1, -0.05) is 24.3 Å². The first-order valence-corrected chi connectivity index (χ1v) is 8.30. The quantitative estimate of drug-likeness (QED) is 0.872. The van der Waals surface area contributed by atoms with Crippen LogP contribution in [0.1, 0.15) is 35.3 Å². The minimum atomic E-state index is -0.943. The minimum absolute atomic E-state index is 0.0128. The van der Waals surface area contributed by atoms with Crippen molar-refractivity contribution in [2.75, 3.05) is 4.90 Å². The molecule has 5 heteroatoms. The second-order valence-electron chi connectivity index (χ2n) is 6.46. The Bertz CT molecular complexity index is 830. The Balaban J connectivity index is 1.76. The average Bonchev–Trinajstić information content (AvgIpc) is 2.89. The Labute approximate surface area is 146 Å². The summed E-state index contributed by atoms with van der Waals surface area (Å²) < 4.78 is 5.30. The highest BCUT2D eigenvalue weighted by molar-refractivity contribution is 6.01. The number of hydrogen-bond acceptors (Lipinski definition) is 4. The number of esters is 1. The molecule has 1 amide bonds. The third kappa shape index (κ3) is 3.22. The van der Waals surface area contributed by atoms with Crippen molar-refractivity contribution in [2.45, 2.75) is 39.3 Å². The Morgan fingerprint density at radius 2 is 1.96 bits per heavy atom. The highest BCUT2D eigenvalue weighted by Gasteiger charge is 2.34. The van der Waals surface area contributed by atoms with Crippen molar-refractivity contribution in [1.82, 2.24) is 0 Å². The number of aryl methyl sites for hydroxylation is 1. The molecule has 0 saturated heterocycles. The number of fused-ring (bicyclic) bond motifs is 1. The normalized spacial score (nSPS) is 17.1. The predicted molar refractivity (Wildman–Crippen MR) is 94.8 cm³/mol. The molecule has 0 aromatic heterocycles. The van der Waals surface area contributed by atoms with Crippen LogP contribution in [0.4, 0.5) is 5.69 Å². The molecule has 0 unspecified atom stereocenters. The smallest absolute Gasteiger partial charge is 0.342 e. The first-order valence-electron chi connectivity index (χ1n) is 8.30. The fourth-order valence-corrected chi connectivity index (χ4v) is 3.19. The molecule has 1 heterocycles. The standard InChI is InChI=1S/C20H21NO4/c1-12-8-9-16(18(22)10-12)20(24)25-14(3)19(23)21-13(2)11-15-6-4-5-7-17(15)21/h4-10,13-14,22H,11H2,1-3H3/t13-,14+/m1/s1. The van der Waals surface area contributed by atoms with Crippen LogP contribution in [0.3, 0.4) is 0 Å². The summed E-state index contributed by atoms with van der Waals surface area (Å²) in [7, 11) is 0. The first-order chi connectivity index (χ1) is 11.9. The molecule has 2 atom stereocenters. The van der Waals surface area contributed by atoms with Crippen LogP contribution in [0, 0.1) is 6.92 Å². The van der Waals surface area contributed by atoms with Crippen LogP contribution < -0.4 is 4.90 Å². The fraction of sp³-hybridized carbons (Fsp3) is 0.300. The topological polar surface area (TPSA) is 66.8 Å². The predicted octanol–water partition coefficient (Wildman–Crippen LogP) is 3.22. The van der Waals surface area contributed by atoms with E-state index in [9.17, 15) is 14.7 Å². The molecule has 2 aromatic rings. The van der Waals surface area contributed by atoms with Gasteiger partial charge in [-0.05, 0) is 56.5 Å². The molecule has 0 aliphatic carbocycles. The van der Waals surface area contributed by atoms with Crippen LogP contribution in [0.25, 0.3) is 0 Å². The van der Waals surface area contributed by atoms with Gasteiger partial charge in [0.2, 0.25) is 0 Å². The van der Waals surface area contributed by atoms with Crippen LogP contribution in [0.5, 0.6) is 5.75 Å². The van der Waals surface area contributed by atoms with Gasteiger partial charge in [0.1, 0.15) is 11.3 Å². The largest absolute Gasteiger partial charge is 0.507 e. The summed E-state index contributed by atoms with van der Waals surface area (Å²) in [5, 5.41) is 9.90. The molecule has 1 aliphatic rings. The van der Waals surface area contributed by atoms with E-state index in [-0.39, 0.29) is 23.3 Å². The number of benzene rings is 2. The van der Waals surface area contributed by atoms with Crippen molar-refractivity contribution < 1.29 is 19.4 Å². The van der Waals surface area contributed by atoms with Gasteiger partial charge in [0, 0.05) is 11.7 Å². The lowest BCUT2D eigenvalue weighted by Crippen LogP contribution is -2.43. The zero-order valence-corrected chi connectivity index (χ0v) is 14.5. The molecule has 3 rings (SSSR count). The maximum atomic E-state index is 12.8. The van der Waals surface area contributed by atoms with E-state index < -0.39 is 12.1 Å². The summed E-state index contributed by atoms with van der Waals surface area (Å²) in [6.45, 7) is 5.34. The zero-order valence-electron chi connectivity index (χ0n) is 14.5. The van der Waals surface area contributed by atoms with Crippen molar-refractivity contribution in [1.29, 1.82) is 0 Å². The molecule has 0 fully saturated rings. The van der Waals surface area contributed by atoms with E-state index in [1.54, 1.807) is 17.9 Å². The summed E-state index contributed by atoms with van der Waals surface area (Å²) in [6, 6.07) is 12.4. The Hall–Kier alpha value is -2.82. The van der Waals surface area contributed by atoms with E-state index in [1.807, 2.05) is 38.1 Å². The van der Waals surface area contributed by atoms with Gasteiger partial charge < -0.3 is 14.7 Å². The van der Waals surface area contributed by atoms with E-state index in [1.165, 1.54) is 12.1 Å². The van der Waals surface area contributed by atoms with Crippen LogP contribution >= 0.6 is 0 Å². The lowest BCUT2D eigenvalue weighted by atomic mass is 10.1. The number of para-hydroxylation sites is 1. The molecule has 25 heavy (non-hydrogen) atoms. The number of phenols is 1. The van der Waals surface area contributed by atoms with Gasteiger partial charge in [0.25, 0.3) is 5.91 Å². The molecule has 1 N–H and O–H groups in total. The first kappa shape index (κ1) is 17.0. The van der Waals surface area contributed by atoms with Crippen molar-refractivity contribution in [3.63, 3.8) is 0 Å². The van der Waals surface area contributed by atoms with Crippen LogP contribution in [-0.4, -0.2) is 29.1 Å². The molecule has 130 valence electrons. The number of nitrogens with zero attached hydrogens (tertiary/aromatic N) is 1. The van der Waals surface area contributed by atoms with Gasteiger partial charge in [-0.15, -0.1) is 0 Å². The van der Waals surface area contributed by atoms with Crippen LogP contribution in [0.2, 0.25) is 0 Å². The SMILES string of the molecule is Cc1ccc(C(=O)O[C@@H](C)C(=O)N2c3ccccc3C[C@H]2C)c(O)c1. The fourth-order valence-electron chi connectivity index (χ4n) is 3.19. The van der Waals surface area contributed by atoms with E-state index in [2.05, 4.69) is 0 Å². The maximum Gasteiger partial charge on any atom is 0.342 e. The van der Waals surface area contributed by atoms with Gasteiger partial charge >= 0.3 is 5.97 Å². The van der Waals surface area contributed by atoms with Gasteiger partial charge in [0.05, 0.1) is 0 Å². The zero-order chi connectivity index (χ0) is 18.1. The number of anilines is 1. The van der Waals surface area contributed by atoms with Gasteiger partial charge in [-0.3, -0.25) is 4.79 Å². The number of amides is 1. The molecule has 0 saturated carbocycles. The second-order valence-corrected chi connectivity index (χ2v) is 6.46. The van der Waals surface area contributed by atoms with Gasteiger partial charge in [0.15, 0.2) is 6.10 Å². The van der Waals surface area contributed by atoms with Crippen LogP contribution in [0.15, 0.2) is 42.5 Å². The van der Waals surface area contributed by atoms with Gasteiger partial charge in [-0.2, -0.15) is 0 Å². The Kier molecular flexibility index (Phi) is 4.49.